The van der Waals surface area contributed by atoms with Gasteiger partial charge >= 0.3 is 0 Å². The lowest BCUT2D eigenvalue weighted by Gasteiger charge is -2.10. The summed E-state index contributed by atoms with van der Waals surface area (Å²) < 4.78 is 6.65. The van der Waals surface area contributed by atoms with Crippen molar-refractivity contribution in [3.05, 3.63) is 63.6 Å². The molecular weight excluding hydrogens is 420 g/mol. The van der Waals surface area contributed by atoms with E-state index in [-0.39, 0.29) is 11.8 Å². The molecular formula is C22H27BrN2O3. The fourth-order valence-electron chi connectivity index (χ4n) is 2.63. The van der Waals surface area contributed by atoms with Gasteiger partial charge in [0.1, 0.15) is 5.75 Å². The van der Waals surface area contributed by atoms with Crippen LogP contribution in [0.1, 0.15) is 40.7 Å². The molecule has 0 saturated heterocycles. The summed E-state index contributed by atoms with van der Waals surface area (Å²) in [6, 6.07) is 13.3. The van der Waals surface area contributed by atoms with Crippen molar-refractivity contribution in [2.45, 2.75) is 33.1 Å². The van der Waals surface area contributed by atoms with Crippen LogP contribution >= 0.6 is 15.9 Å². The van der Waals surface area contributed by atoms with Crippen molar-refractivity contribution >= 4 is 27.7 Å². The second-order valence-corrected chi connectivity index (χ2v) is 7.61. The molecule has 28 heavy (non-hydrogen) atoms. The Morgan fingerprint density at radius 1 is 1.00 bits per heavy atom. The predicted molar refractivity (Wildman–Crippen MR) is 115 cm³/mol. The zero-order valence-corrected chi connectivity index (χ0v) is 18.0. The van der Waals surface area contributed by atoms with E-state index in [1.54, 1.807) is 12.1 Å². The van der Waals surface area contributed by atoms with Crippen LogP contribution in [0.3, 0.4) is 0 Å². The van der Waals surface area contributed by atoms with Crippen molar-refractivity contribution < 1.29 is 14.3 Å². The lowest BCUT2D eigenvalue weighted by molar-refractivity contribution is -0.121. The quantitative estimate of drug-likeness (QED) is 0.538. The lowest BCUT2D eigenvalue weighted by atomic mass is 10.1. The Balaban J connectivity index is 1.54. The fourth-order valence-corrected chi connectivity index (χ4v) is 3.03. The van der Waals surface area contributed by atoms with Crippen molar-refractivity contribution in [3.63, 3.8) is 0 Å². The molecule has 150 valence electrons. The van der Waals surface area contributed by atoms with Gasteiger partial charge in [0.05, 0.1) is 6.61 Å². The molecule has 2 amide bonds. The van der Waals surface area contributed by atoms with Crippen molar-refractivity contribution in [3.8, 4) is 5.75 Å². The molecule has 0 aliphatic carbocycles. The third-order valence-corrected chi connectivity index (χ3v) is 4.71. The van der Waals surface area contributed by atoms with E-state index >= 15 is 0 Å². The molecule has 0 fully saturated rings. The summed E-state index contributed by atoms with van der Waals surface area (Å²) in [7, 11) is 0. The Kier molecular flexibility index (Phi) is 9.01. The van der Waals surface area contributed by atoms with E-state index in [0.29, 0.717) is 31.7 Å². The molecule has 0 spiro atoms. The first-order chi connectivity index (χ1) is 13.5. The second-order valence-electron chi connectivity index (χ2n) is 6.69. The summed E-state index contributed by atoms with van der Waals surface area (Å²) in [4.78, 5) is 23.9. The Hall–Kier alpha value is -2.34. The topological polar surface area (TPSA) is 67.4 Å². The first kappa shape index (κ1) is 22.0. The van der Waals surface area contributed by atoms with Crippen LogP contribution in [-0.4, -0.2) is 31.5 Å². The van der Waals surface area contributed by atoms with Gasteiger partial charge in [-0.1, -0.05) is 34.1 Å². The maximum Gasteiger partial charge on any atom is 0.251 e. The van der Waals surface area contributed by atoms with Crippen LogP contribution in [0, 0.1) is 13.8 Å². The summed E-state index contributed by atoms with van der Waals surface area (Å²) in [6.07, 6.45) is 2.04. The van der Waals surface area contributed by atoms with Crippen molar-refractivity contribution in [2.24, 2.45) is 0 Å². The minimum absolute atomic E-state index is 0.0107. The zero-order valence-electron chi connectivity index (χ0n) is 16.4. The highest BCUT2D eigenvalue weighted by molar-refractivity contribution is 9.10. The highest BCUT2D eigenvalue weighted by Gasteiger charge is 2.06. The van der Waals surface area contributed by atoms with Gasteiger partial charge in [-0.25, -0.2) is 0 Å². The van der Waals surface area contributed by atoms with Crippen LogP contribution in [0.15, 0.2) is 46.9 Å². The smallest absolute Gasteiger partial charge is 0.251 e. The molecule has 2 rings (SSSR count). The van der Waals surface area contributed by atoms with Crippen LogP contribution in [0.2, 0.25) is 0 Å². The molecule has 2 aromatic carbocycles. The van der Waals surface area contributed by atoms with Crippen LogP contribution in [0.5, 0.6) is 5.75 Å². The summed E-state index contributed by atoms with van der Waals surface area (Å²) in [5, 5.41) is 5.61. The monoisotopic (exact) mass is 446 g/mol. The molecule has 0 aromatic heterocycles. The predicted octanol–water partition coefficient (Wildman–Crippen LogP) is 4.16. The minimum atomic E-state index is -0.154. The molecule has 5 nitrogen and oxygen atoms in total. The summed E-state index contributed by atoms with van der Waals surface area (Å²) in [5.41, 5.74) is 2.88. The molecule has 0 heterocycles. The molecule has 0 atom stereocenters. The van der Waals surface area contributed by atoms with Gasteiger partial charge in [-0.15, -0.1) is 0 Å². The number of hydrogen-bond donors (Lipinski definition) is 2. The Morgan fingerprint density at radius 3 is 2.57 bits per heavy atom. The number of rotatable bonds is 10. The number of carbonyl (C=O) groups is 2. The Bertz CT molecular complexity index is 808. The SMILES string of the molecule is Cc1ccc(C)c(OCCCCC(=O)NCCNC(=O)c2cccc(Br)c2)c1. The van der Waals surface area contributed by atoms with E-state index < -0.39 is 0 Å². The van der Waals surface area contributed by atoms with Gasteiger partial charge in [0, 0.05) is 29.5 Å². The van der Waals surface area contributed by atoms with Crippen LogP contribution in [-0.2, 0) is 4.79 Å². The number of nitrogens with one attached hydrogen (secondary N) is 2. The highest BCUT2D eigenvalue weighted by Crippen LogP contribution is 2.19. The number of ether oxygens (including phenoxy) is 1. The zero-order chi connectivity index (χ0) is 20.4. The highest BCUT2D eigenvalue weighted by atomic mass is 79.9. The summed E-state index contributed by atoms with van der Waals surface area (Å²) in [6.45, 7) is 5.47. The van der Waals surface area contributed by atoms with Gasteiger partial charge in [-0.3, -0.25) is 9.59 Å². The second kappa shape index (κ2) is 11.5. The minimum Gasteiger partial charge on any atom is -0.493 e. The molecule has 0 unspecified atom stereocenters. The molecule has 0 aliphatic rings. The number of aryl methyl sites for hydroxylation is 2. The standard InChI is InChI=1S/C22H27BrN2O3/c1-16-9-10-17(2)20(14-16)28-13-4-3-8-21(26)24-11-12-25-22(27)18-6-5-7-19(23)15-18/h5-7,9-10,14-15H,3-4,8,11-13H2,1-2H3,(H,24,26)(H,25,27). The van der Waals surface area contributed by atoms with Gasteiger partial charge in [0.2, 0.25) is 5.91 Å². The summed E-state index contributed by atoms with van der Waals surface area (Å²) in [5.74, 6) is 0.744. The third kappa shape index (κ3) is 7.72. The van der Waals surface area contributed by atoms with Crippen LogP contribution in [0.25, 0.3) is 0 Å². The van der Waals surface area contributed by atoms with Crippen molar-refractivity contribution in [2.75, 3.05) is 19.7 Å². The molecule has 2 aromatic rings. The average molecular weight is 447 g/mol. The maximum absolute atomic E-state index is 12.0. The maximum atomic E-state index is 12.0. The van der Waals surface area contributed by atoms with Crippen molar-refractivity contribution in [1.29, 1.82) is 0 Å². The summed E-state index contributed by atoms with van der Waals surface area (Å²) >= 11 is 3.34. The fraction of sp³-hybridized carbons (Fsp3) is 0.364. The molecule has 0 aliphatic heterocycles. The van der Waals surface area contributed by atoms with Gasteiger partial charge in [0.15, 0.2) is 0 Å². The van der Waals surface area contributed by atoms with Gasteiger partial charge < -0.3 is 15.4 Å². The van der Waals surface area contributed by atoms with Gasteiger partial charge in [-0.05, 0) is 62.1 Å². The number of hydrogen-bond acceptors (Lipinski definition) is 3. The van der Waals surface area contributed by atoms with E-state index in [4.69, 9.17) is 4.74 Å². The first-order valence-electron chi connectivity index (χ1n) is 9.46. The molecule has 0 bridgehead atoms. The van der Waals surface area contributed by atoms with E-state index in [9.17, 15) is 9.59 Å². The van der Waals surface area contributed by atoms with Crippen LogP contribution < -0.4 is 15.4 Å². The van der Waals surface area contributed by atoms with E-state index in [1.165, 1.54) is 5.56 Å². The Labute approximate surface area is 175 Å². The number of carbonyl (C=O) groups excluding carboxylic acids is 2. The van der Waals surface area contributed by atoms with Gasteiger partial charge in [0.25, 0.3) is 5.91 Å². The lowest BCUT2D eigenvalue weighted by Crippen LogP contribution is -2.34. The average Bonchev–Trinajstić information content (AvgIpc) is 2.67. The molecule has 6 heteroatoms. The normalized spacial score (nSPS) is 10.4. The van der Waals surface area contributed by atoms with E-state index in [2.05, 4.69) is 32.6 Å². The van der Waals surface area contributed by atoms with Crippen molar-refractivity contribution in [1.82, 2.24) is 10.6 Å². The van der Waals surface area contributed by atoms with E-state index in [1.807, 2.05) is 38.1 Å². The first-order valence-corrected chi connectivity index (χ1v) is 10.3. The van der Waals surface area contributed by atoms with Crippen LogP contribution in [0.4, 0.5) is 0 Å². The number of benzene rings is 2. The molecule has 0 radical (unpaired) electrons. The largest absolute Gasteiger partial charge is 0.493 e. The van der Waals surface area contributed by atoms with E-state index in [0.717, 1.165) is 28.6 Å². The van der Waals surface area contributed by atoms with Gasteiger partial charge in [-0.2, -0.15) is 0 Å². The number of halogens is 1. The Morgan fingerprint density at radius 2 is 1.79 bits per heavy atom. The third-order valence-electron chi connectivity index (χ3n) is 4.22. The molecule has 0 saturated carbocycles. The number of amides is 2. The molecule has 2 N–H and O–H groups in total. The number of unbranched alkanes of at least 4 members (excludes halogenated alkanes) is 1.